The first-order valence-corrected chi connectivity index (χ1v) is 7.77. The molecule has 2 rings (SSSR count). The van der Waals surface area contributed by atoms with Crippen LogP contribution in [0.15, 0.2) is 54.9 Å². The van der Waals surface area contributed by atoms with Crippen LogP contribution in [0.4, 0.5) is 4.79 Å². The highest BCUT2D eigenvalue weighted by atomic mass is 16.3. The van der Waals surface area contributed by atoms with Gasteiger partial charge in [0.05, 0.1) is 6.04 Å². The highest BCUT2D eigenvalue weighted by Gasteiger charge is 2.17. The highest BCUT2D eigenvalue weighted by Crippen LogP contribution is 2.18. The fourth-order valence-electron chi connectivity index (χ4n) is 2.40. The minimum atomic E-state index is -0.131. The van der Waals surface area contributed by atoms with Gasteiger partial charge in [0, 0.05) is 32.6 Å². The molecular weight excluding hydrogens is 290 g/mol. The van der Waals surface area contributed by atoms with Gasteiger partial charge in [-0.2, -0.15) is 0 Å². The van der Waals surface area contributed by atoms with Crippen molar-refractivity contribution in [3.63, 3.8) is 0 Å². The Hall–Kier alpha value is -2.40. The van der Waals surface area contributed by atoms with Crippen molar-refractivity contribution >= 4 is 6.03 Å². The van der Waals surface area contributed by atoms with Gasteiger partial charge in [-0.1, -0.05) is 30.3 Å². The summed E-state index contributed by atoms with van der Waals surface area (Å²) in [5.41, 5.74) is 2.08. The number of carbonyl (C=O) groups excluding carboxylic acids is 1. The summed E-state index contributed by atoms with van der Waals surface area (Å²) in [4.78, 5) is 18.1. The third kappa shape index (κ3) is 5.38. The van der Waals surface area contributed by atoms with Crippen LogP contribution in [0.1, 0.15) is 30.0 Å². The predicted molar refractivity (Wildman–Crippen MR) is 89.7 cm³/mol. The number of rotatable bonds is 7. The lowest BCUT2D eigenvalue weighted by atomic mass is 10.0. The molecule has 0 aliphatic carbocycles. The Kier molecular flexibility index (Phi) is 6.56. The number of hydrogen-bond acceptors (Lipinski definition) is 3. The maximum atomic E-state index is 12.4. The average Bonchev–Trinajstić information content (AvgIpc) is 2.60. The van der Waals surface area contributed by atoms with E-state index in [1.165, 1.54) is 0 Å². The second-order valence-electron chi connectivity index (χ2n) is 5.49. The Balaban J connectivity index is 1.99. The molecule has 1 atom stereocenters. The zero-order valence-electron chi connectivity index (χ0n) is 13.4. The van der Waals surface area contributed by atoms with E-state index in [4.69, 9.17) is 5.11 Å². The molecule has 5 nitrogen and oxygen atoms in total. The third-order valence-corrected chi connectivity index (χ3v) is 3.67. The van der Waals surface area contributed by atoms with Crippen molar-refractivity contribution in [2.24, 2.45) is 0 Å². The maximum absolute atomic E-state index is 12.4. The smallest absolute Gasteiger partial charge is 0.317 e. The molecule has 1 unspecified atom stereocenters. The Morgan fingerprint density at radius 1 is 1.22 bits per heavy atom. The van der Waals surface area contributed by atoms with Gasteiger partial charge in [0.1, 0.15) is 0 Å². The van der Waals surface area contributed by atoms with Gasteiger partial charge in [0.15, 0.2) is 0 Å². The molecule has 1 aromatic heterocycles. The van der Waals surface area contributed by atoms with E-state index in [0.717, 1.165) is 11.1 Å². The van der Waals surface area contributed by atoms with E-state index in [0.29, 0.717) is 19.4 Å². The average molecular weight is 313 g/mol. The summed E-state index contributed by atoms with van der Waals surface area (Å²) in [5, 5.41) is 12.1. The number of hydrogen-bond donors (Lipinski definition) is 2. The van der Waals surface area contributed by atoms with Gasteiger partial charge < -0.3 is 15.3 Å². The molecule has 0 aliphatic rings. The maximum Gasteiger partial charge on any atom is 0.317 e. The third-order valence-electron chi connectivity index (χ3n) is 3.67. The molecule has 1 heterocycles. The molecule has 0 saturated heterocycles. The quantitative estimate of drug-likeness (QED) is 0.826. The van der Waals surface area contributed by atoms with Crippen molar-refractivity contribution in [1.82, 2.24) is 15.2 Å². The van der Waals surface area contributed by atoms with Crippen molar-refractivity contribution in [3.8, 4) is 0 Å². The summed E-state index contributed by atoms with van der Waals surface area (Å²) >= 11 is 0. The van der Waals surface area contributed by atoms with Crippen LogP contribution in [-0.4, -0.2) is 34.7 Å². The molecule has 2 amide bonds. The second kappa shape index (κ2) is 8.90. The molecule has 1 aromatic carbocycles. The second-order valence-corrected chi connectivity index (χ2v) is 5.49. The Morgan fingerprint density at radius 3 is 2.57 bits per heavy atom. The van der Waals surface area contributed by atoms with Gasteiger partial charge in [-0.15, -0.1) is 0 Å². The lowest BCUT2D eigenvalue weighted by molar-refractivity contribution is 0.200. The molecule has 0 aliphatic heterocycles. The first-order chi connectivity index (χ1) is 11.2. The minimum absolute atomic E-state index is 0.101. The number of urea groups is 1. The van der Waals surface area contributed by atoms with E-state index in [-0.39, 0.29) is 18.7 Å². The van der Waals surface area contributed by atoms with E-state index in [9.17, 15) is 4.79 Å². The van der Waals surface area contributed by atoms with Gasteiger partial charge in [0.2, 0.25) is 0 Å². The fraction of sp³-hybridized carbons (Fsp3) is 0.333. The zero-order chi connectivity index (χ0) is 16.5. The summed E-state index contributed by atoms with van der Waals surface area (Å²) < 4.78 is 0. The number of aromatic nitrogens is 1. The Bertz CT molecular complexity index is 590. The van der Waals surface area contributed by atoms with Crippen LogP contribution in [0.2, 0.25) is 0 Å². The molecule has 0 bridgehead atoms. The van der Waals surface area contributed by atoms with Gasteiger partial charge in [-0.3, -0.25) is 4.98 Å². The summed E-state index contributed by atoms with van der Waals surface area (Å²) in [6.07, 6.45) is 4.79. The van der Waals surface area contributed by atoms with Gasteiger partial charge in [0.25, 0.3) is 0 Å². The van der Waals surface area contributed by atoms with Gasteiger partial charge >= 0.3 is 6.03 Å². The molecule has 0 saturated carbocycles. The molecule has 122 valence electrons. The fourth-order valence-corrected chi connectivity index (χ4v) is 2.40. The number of nitrogens with one attached hydrogen (secondary N) is 1. The SMILES string of the molecule is CN(Cc1ccncc1)C(=O)NC(CCCO)c1ccccc1. The number of pyridine rings is 1. The largest absolute Gasteiger partial charge is 0.396 e. The van der Waals surface area contributed by atoms with Crippen LogP contribution in [0.25, 0.3) is 0 Å². The topological polar surface area (TPSA) is 65.5 Å². The zero-order valence-corrected chi connectivity index (χ0v) is 13.4. The number of aliphatic hydroxyl groups excluding tert-OH is 1. The van der Waals surface area contributed by atoms with Crippen molar-refractivity contribution in [2.45, 2.75) is 25.4 Å². The van der Waals surface area contributed by atoms with E-state index >= 15 is 0 Å². The standard InChI is InChI=1S/C18H23N3O2/c1-21(14-15-9-11-19-12-10-15)18(23)20-17(8-5-13-22)16-6-3-2-4-7-16/h2-4,6-7,9-12,17,22H,5,8,13-14H2,1H3,(H,20,23). The molecule has 2 N–H and O–H groups in total. The van der Waals surface area contributed by atoms with Crippen molar-refractivity contribution in [2.75, 3.05) is 13.7 Å². The van der Waals surface area contributed by atoms with Crippen LogP contribution >= 0.6 is 0 Å². The number of aliphatic hydroxyl groups is 1. The van der Waals surface area contributed by atoms with Crippen LogP contribution in [0.5, 0.6) is 0 Å². The lowest BCUT2D eigenvalue weighted by Gasteiger charge is -2.24. The van der Waals surface area contributed by atoms with E-state index < -0.39 is 0 Å². The number of nitrogens with zero attached hydrogens (tertiary/aromatic N) is 2. The van der Waals surface area contributed by atoms with Gasteiger partial charge in [-0.25, -0.2) is 4.79 Å². The number of carbonyl (C=O) groups is 1. The van der Waals surface area contributed by atoms with Crippen LogP contribution < -0.4 is 5.32 Å². The molecule has 0 radical (unpaired) electrons. The molecule has 0 fully saturated rings. The number of amides is 2. The molecule has 5 heteroatoms. The molecule has 2 aromatic rings. The van der Waals surface area contributed by atoms with Crippen molar-refractivity contribution in [1.29, 1.82) is 0 Å². The van der Waals surface area contributed by atoms with Crippen molar-refractivity contribution in [3.05, 3.63) is 66.0 Å². The lowest BCUT2D eigenvalue weighted by Crippen LogP contribution is -2.39. The van der Waals surface area contributed by atoms with Crippen LogP contribution in [-0.2, 0) is 6.54 Å². The highest BCUT2D eigenvalue weighted by molar-refractivity contribution is 5.74. The first kappa shape index (κ1) is 17.0. The van der Waals surface area contributed by atoms with Crippen molar-refractivity contribution < 1.29 is 9.90 Å². The van der Waals surface area contributed by atoms with E-state index in [1.807, 2.05) is 42.5 Å². The minimum Gasteiger partial charge on any atom is -0.396 e. The first-order valence-electron chi connectivity index (χ1n) is 7.77. The summed E-state index contributed by atoms with van der Waals surface area (Å²) in [6, 6.07) is 13.4. The monoisotopic (exact) mass is 313 g/mol. The Morgan fingerprint density at radius 2 is 1.91 bits per heavy atom. The van der Waals surface area contributed by atoms with Crippen LogP contribution in [0.3, 0.4) is 0 Å². The summed E-state index contributed by atoms with van der Waals surface area (Å²) in [7, 11) is 1.77. The van der Waals surface area contributed by atoms with E-state index in [1.54, 1.807) is 24.3 Å². The number of benzene rings is 1. The molecular formula is C18H23N3O2. The van der Waals surface area contributed by atoms with Gasteiger partial charge in [-0.05, 0) is 36.1 Å². The van der Waals surface area contributed by atoms with Crippen LogP contribution in [0, 0.1) is 0 Å². The molecule has 0 spiro atoms. The predicted octanol–water partition coefficient (Wildman–Crippen LogP) is 2.74. The summed E-state index contributed by atoms with van der Waals surface area (Å²) in [6.45, 7) is 0.641. The van der Waals surface area contributed by atoms with E-state index in [2.05, 4.69) is 10.3 Å². The Labute approximate surface area is 137 Å². The summed E-state index contributed by atoms with van der Waals surface area (Å²) in [5.74, 6) is 0. The normalized spacial score (nSPS) is 11.7. The molecule has 23 heavy (non-hydrogen) atoms.